The Kier molecular flexibility index (Phi) is 14.4. The number of guanidine groups is 1. The molecule has 1 rings (SSSR count). The van der Waals surface area contributed by atoms with E-state index in [2.05, 4.69) is 43.5 Å². The molecule has 202 valence electrons. The molecule has 0 bridgehead atoms. The van der Waals surface area contributed by atoms with E-state index in [0.717, 1.165) is 0 Å². The third-order valence-corrected chi connectivity index (χ3v) is 5.99. The van der Waals surface area contributed by atoms with Crippen molar-refractivity contribution in [3.63, 3.8) is 0 Å². The molecule has 0 radical (unpaired) electrons. The largest absolute Gasteiger partial charge is 0.480 e. The summed E-state index contributed by atoms with van der Waals surface area (Å²) in [5.41, 5.74) is 16.9. The molecule has 0 spiro atoms. The summed E-state index contributed by atoms with van der Waals surface area (Å²) in [4.78, 5) is 60.6. The van der Waals surface area contributed by atoms with Crippen molar-refractivity contribution in [3.8, 4) is 0 Å². The van der Waals surface area contributed by atoms with Crippen LogP contribution in [0.5, 0.6) is 0 Å². The summed E-state index contributed by atoms with van der Waals surface area (Å²) < 4.78 is 0. The van der Waals surface area contributed by atoms with Gasteiger partial charge in [-0.15, -0.1) is 0 Å². The molecule has 0 aliphatic carbocycles. The maximum atomic E-state index is 13.1. The Hall–Kier alpha value is -2.98. The fourth-order valence-corrected chi connectivity index (χ4v) is 3.64. The molecule has 0 aliphatic rings. The number of carbonyl (C=O) groups is 4. The highest BCUT2D eigenvalue weighted by atomic mass is 32.2. The predicted molar refractivity (Wildman–Crippen MR) is 140 cm³/mol. The van der Waals surface area contributed by atoms with Crippen LogP contribution in [0.1, 0.15) is 25.0 Å². The number of aromatic amines is 1. The van der Waals surface area contributed by atoms with Crippen molar-refractivity contribution in [1.29, 1.82) is 0 Å². The average Bonchev–Trinajstić information content (AvgIpc) is 3.35. The van der Waals surface area contributed by atoms with E-state index in [-0.39, 0.29) is 37.5 Å². The molecule has 0 aliphatic heterocycles. The van der Waals surface area contributed by atoms with Gasteiger partial charge in [0, 0.05) is 30.6 Å². The van der Waals surface area contributed by atoms with E-state index in [1.165, 1.54) is 24.3 Å². The van der Waals surface area contributed by atoms with Gasteiger partial charge < -0.3 is 43.2 Å². The van der Waals surface area contributed by atoms with Gasteiger partial charge in [0.25, 0.3) is 0 Å². The number of rotatable bonds is 17. The number of nitrogens with two attached hydrogens (primary N) is 3. The van der Waals surface area contributed by atoms with E-state index in [1.807, 2.05) is 6.26 Å². The van der Waals surface area contributed by atoms with Gasteiger partial charge in [-0.05, 0) is 31.3 Å². The average molecular weight is 546 g/mol. The van der Waals surface area contributed by atoms with Gasteiger partial charge in [0.05, 0.1) is 12.4 Å². The van der Waals surface area contributed by atoms with Gasteiger partial charge in [-0.3, -0.25) is 19.4 Å². The zero-order chi connectivity index (χ0) is 27.1. The maximum absolute atomic E-state index is 13.1. The van der Waals surface area contributed by atoms with Crippen molar-refractivity contribution in [3.05, 3.63) is 18.2 Å². The van der Waals surface area contributed by atoms with Crippen LogP contribution in [0.15, 0.2) is 17.5 Å². The number of thioether (sulfide) groups is 1. The van der Waals surface area contributed by atoms with Crippen LogP contribution in [0.25, 0.3) is 0 Å². The van der Waals surface area contributed by atoms with Crippen LogP contribution in [0.3, 0.4) is 0 Å². The second-order valence-corrected chi connectivity index (χ2v) is 9.17. The number of aliphatic carboxylic acids is 1. The van der Waals surface area contributed by atoms with Gasteiger partial charge >= 0.3 is 5.97 Å². The van der Waals surface area contributed by atoms with Crippen LogP contribution in [0.2, 0.25) is 0 Å². The maximum Gasteiger partial charge on any atom is 0.326 e. The summed E-state index contributed by atoms with van der Waals surface area (Å²) in [5.74, 6) is -2.59. The van der Waals surface area contributed by atoms with Gasteiger partial charge in [-0.1, -0.05) is 0 Å². The molecule has 36 heavy (non-hydrogen) atoms. The third kappa shape index (κ3) is 11.6. The summed E-state index contributed by atoms with van der Waals surface area (Å²) in [6, 6.07) is -4.24. The summed E-state index contributed by atoms with van der Waals surface area (Å²) in [6.07, 6.45) is 5.38. The fourth-order valence-electron chi connectivity index (χ4n) is 3.00. The molecular weight excluding hydrogens is 510 g/mol. The molecule has 1 heterocycles. The number of carboxylic acids is 1. The quantitative estimate of drug-likeness (QED) is 0.0433. The highest BCUT2D eigenvalue weighted by Gasteiger charge is 2.30. The monoisotopic (exact) mass is 545 g/mol. The Balaban J connectivity index is 3.00. The predicted octanol–water partition coefficient (Wildman–Crippen LogP) is -2.44. The number of carboxylic acid groups (broad SMARTS) is 1. The van der Waals surface area contributed by atoms with E-state index >= 15 is 0 Å². The second-order valence-electron chi connectivity index (χ2n) is 7.82. The first-order valence-electron chi connectivity index (χ1n) is 11.1. The van der Waals surface area contributed by atoms with Crippen molar-refractivity contribution in [2.75, 3.05) is 24.3 Å². The number of aromatic nitrogens is 2. The van der Waals surface area contributed by atoms with E-state index in [4.69, 9.17) is 17.2 Å². The minimum absolute atomic E-state index is 0.0379. The molecule has 0 aromatic carbocycles. The lowest BCUT2D eigenvalue weighted by Gasteiger charge is -2.25. The lowest BCUT2D eigenvalue weighted by atomic mass is 10.1. The number of nitrogens with zero attached hydrogens (tertiary/aromatic N) is 2. The zero-order valence-corrected chi connectivity index (χ0v) is 21.7. The normalized spacial score (nSPS) is 14.1. The highest BCUT2D eigenvalue weighted by Crippen LogP contribution is 2.06. The van der Waals surface area contributed by atoms with Crippen LogP contribution in [-0.4, -0.2) is 93.2 Å². The van der Waals surface area contributed by atoms with Gasteiger partial charge in [-0.25, -0.2) is 9.78 Å². The van der Waals surface area contributed by atoms with Gasteiger partial charge in [0.1, 0.15) is 18.1 Å². The van der Waals surface area contributed by atoms with Crippen LogP contribution >= 0.6 is 24.4 Å². The van der Waals surface area contributed by atoms with Gasteiger partial charge in [0.2, 0.25) is 17.7 Å². The molecule has 1 aromatic rings. The molecule has 4 unspecified atom stereocenters. The summed E-state index contributed by atoms with van der Waals surface area (Å²) in [7, 11) is 0. The van der Waals surface area contributed by atoms with Crippen LogP contribution in [0, 0.1) is 0 Å². The number of carbonyl (C=O) groups excluding carboxylic acids is 3. The first-order chi connectivity index (χ1) is 17.1. The highest BCUT2D eigenvalue weighted by molar-refractivity contribution is 7.98. The Morgan fingerprint density at radius 1 is 1.11 bits per heavy atom. The van der Waals surface area contributed by atoms with Gasteiger partial charge in [0.15, 0.2) is 5.96 Å². The molecule has 3 amide bonds. The number of nitrogens with one attached hydrogen (secondary N) is 4. The lowest BCUT2D eigenvalue weighted by Crippen LogP contribution is -2.57. The van der Waals surface area contributed by atoms with Gasteiger partial charge in [-0.2, -0.15) is 24.4 Å². The van der Waals surface area contributed by atoms with Crippen LogP contribution in [-0.2, 0) is 25.6 Å². The second kappa shape index (κ2) is 16.6. The Morgan fingerprint density at radius 3 is 2.25 bits per heavy atom. The summed E-state index contributed by atoms with van der Waals surface area (Å²) in [5, 5.41) is 17.2. The Labute approximate surface area is 218 Å². The van der Waals surface area contributed by atoms with E-state index < -0.39 is 47.9 Å². The molecule has 4 atom stereocenters. The Morgan fingerprint density at radius 2 is 1.72 bits per heavy atom. The van der Waals surface area contributed by atoms with Crippen molar-refractivity contribution in [1.82, 2.24) is 25.9 Å². The van der Waals surface area contributed by atoms with E-state index in [9.17, 15) is 24.3 Å². The van der Waals surface area contributed by atoms with Crippen molar-refractivity contribution in [2.45, 2.75) is 49.9 Å². The summed E-state index contributed by atoms with van der Waals surface area (Å²) >= 11 is 5.48. The summed E-state index contributed by atoms with van der Waals surface area (Å²) in [6.45, 7) is 0.196. The molecule has 1 aromatic heterocycles. The number of hydrogen-bond acceptors (Lipinski definition) is 9. The fraction of sp³-hybridized carbons (Fsp3) is 0.600. The minimum atomic E-state index is -1.27. The molecule has 0 saturated heterocycles. The van der Waals surface area contributed by atoms with Crippen molar-refractivity contribution >= 4 is 54.0 Å². The number of aliphatic imine (C=N–C) groups is 1. The van der Waals surface area contributed by atoms with Crippen molar-refractivity contribution < 1.29 is 24.3 Å². The number of imidazole rings is 1. The molecule has 0 saturated carbocycles. The van der Waals surface area contributed by atoms with Crippen molar-refractivity contribution in [2.24, 2.45) is 22.2 Å². The van der Waals surface area contributed by atoms with E-state index in [0.29, 0.717) is 17.9 Å². The first kappa shape index (κ1) is 31.1. The molecule has 14 nitrogen and oxygen atoms in total. The van der Waals surface area contributed by atoms with Crippen LogP contribution in [0.4, 0.5) is 0 Å². The van der Waals surface area contributed by atoms with Crippen LogP contribution < -0.4 is 33.2 Å². The standard InChI is InChI=1S/C20H35N9O5S2/c1-36-6-4-14(27-16(30)12(21)9-35)18(32)28-13(3-2-5-25-20(22)23)17(31)29-15(19(33)34)7-11-8-24-10-26-11/h8,10,12-15,35H,2-7,9,21H2,1H3,(H,24,26)(H,27,30)(H,28,32)(H,29,31)(H,33,34)(H4,22,23,25). The molecule has 0 fully saturated rings. The molecule has 16 heteroatoms. The zero-order valence-electron chi connectivity index (χ0n) is 20.0. The van der Waals surface area contributed by atoms with E-state index in [1.54, 1.807) is 0 Å². The topological polar surface area (TPSA) is 244 Å². The smallest absolute Gasteiger partial charge is 0.326 e. The number of H-pyrrole nitrogens is 1. The third-order valence-electron chi connectivity index (χ3n) is 4.95. The SMILES string of the molecule is CSCCC(NC(=O)C(N)CS)C(=O)NC(CCCN=C(N)N)C(=O)NC(Cc1cnc[nH]1)C(=O)O. The minimum Gasteiger partial charge on any atom is -0.480 e. The number of thiol groups is 1. The molecular formula is C20H35N9O5S2. The Bertz CT molecular complexity index is 881. The lowest BCUT2D eigenvalue weighted by molar-refractivity contribution is -0.142. The first-order valence-corrected chi connectivity index (χ1v) is 13.1. The number of hydrogen-bond donors (Lipinski definition) is 9. The molecule has 11 N–H and O–H groups in total. The number of amides is 3.